The van der Waals surface area contributed by atoms with E-state index in [-0.39, 0.29) is 5.41 Å². The monoisotopic (exact) mass is 174 g/mol. The lowest BCUT2D eigenvalue weighted by Gasteiger charge is -2.18. The molecule has 0 fully saturated rings. The maximum atomic E-state index is 8.72. The van der Waals surface area contributed by atoms with Crippen LogP contribution in [0.15, 0.2) is 12.1 Å². The lowest BCUT2D eigenvalue weighted by Crippen LogP contribution is -2.14. The van der Waals surface area contributed by atoms with Gasteiger partial charge in [0.1, 0.15) is 6.07 Å². The highest BCUT2D eigenvalue weighted by atomic mass is 14.7. The van der Waals surface area contributed by atoms with Crippen molar-refractivity contribution in [2.45, 2.75) is 33.1 Å². The van der Waals surface area contributed by atoms with Gasteiger partial charge in [-0.1, -0.05) is 20.8 Å². The van der Waals surface area contributed by atoms with Crippen molar-refractivity contribution in [3.05, 3.63) is 29.1 Å². The van der Waals surface area contributed by atoms with E-state index in [1.165, 1.54) is 0 Å². The Morgan fingerprint density at radius 3 is 2.31 bits per heavy atom. The first-order valence-corrected chi connectivity index (χ1v) is 4.33. The molecule has 0 spiro atoms. The largest absolute Gasteiger partial charge is 0.256 e. The molecule has 0 saturated carbocycles. The van der Waals surface area contributed by atoms with Crippen LogP contribution in [0.25, 0.3) is 0 Å². The van der Waals surface area contributed by atoms with E-state index in [2.05, 4.69) is 31.8 Å². The van der Waals surface area contributed by atoms with E-state index in [0.717, 1.165) is 11.4 Å². The van der Waals surface area contributed by atoms with Crippen LogP contribution < -0.4 is 0 Å². The Bertz CT molecular complexity index is 353. The number of nitrogens with zero attached hydrogens (tertiary/aromatic N) is 2. The minimum absolute atomic E-state index is 0.0543. The molecular weight excluding hydrogens is 160 g/mol. The number of hydrogen-bond donors (Lipinski definition) is 0. The van der Waals surface area contributed by atoms with Crippen LogP contribution in [0, 0.1) is 18.3 Å². The van der Waals surface area contributed by atoms with Crippen LogP contribution in [0.4, 0.5) is 0 Å². The lowest BCUT2D eigenvalue weighted by atomic mass is 9.91. The van der Waals surface area contributed by atoms with Gasteiger partial charge in [-0.25, -0.2) is 0 Å². The zero-order chi connectivity index (χ0) is 10.1. The van der Waals surface area contributed by atoms with E-state index < -0.39 is 0 Å². The second-order valence-corrected chi connectivity index (χ2v) is 4.19. The normalized spacial score (nSPS) is 11.0. The van der Waals surface area contributed by atoms with Gasteiger partial charge in [0, 0.05) is 11.1 Å². The van der Waals surface area contributed by atoms with E-state index in [1.54, 1.807) is 0 Å². The number of pyridine rings is 1. The number of rotatable bonds is 0. The summed E-state index contributed by atoms with van der Waals surface area (Å²) in [6.07, 6.45) is 0. The highest BCUT2D eigenvalue weighted by Gasteiger charge is 2.15. The van der Waals surface area contributed by atoms with E-state index >= 15 is 0 Å². The summed E-state index contributed by atoms with van der Waals surface area (Å²) in [6.45, 7) is 8.20. The van der Waals surface area contributed by atoms with Gasteiger partial charge in [0.25, 0.3) is 0 Å². The van der Waals surface area contributed by atoms with Crippen LogP contribution in [0.5, 0.6) is 0 Å². The molecule has 1 heterocycles. The molecule has 0 aromatic carbocycles. The van der Waals surface area contributed by atoms with Crippen LogP contribution in [0.3, 0.4) is 0 Å². The second-order valence-electron chi connectivity index (χ2n) is 4.19. The fraction of sp³-hybridized carbons (Fsp3) is 0.455. The topological polar surface area (TPSA) is 36.7 Å². The number of nitriles is 1. The third-order valence-corrected chi connectivity index (χ3v) is 1.97. The minimum Gasteiger partial charge on any atom is -0.256 e. The molecule has 68 valence electrons. The summed E-state index contributed by atoms with van der Waals surface area (Å²) in [6, 6.07) is 5.87. The van der Waals surface area contributed by atoms with E-state index in [1.807, 2.05) is 19.1 Å². The van der Waals surface area contributed by atoms with Crippen molar-refractivity contribution in [2.75, 3.05) is 0 Å². The van der Waals surface area contributed by atoms with Gasteiger partial charge in [0.15, 0.2) is 0 Å². The van der Waals surface area contributed by atoms with Crippen LogP contribution in [0.1, 0.15) is 37.7 Å². The Balaban J connectivity index is 3.20. The van der Waals surface area contributed by atoms with Gasteiger partial charge in [-0.2, -0.15) is 5.26 Å². The fourth-order valence-electron chi connectivity index (χ4n) is 1.10. The van der Waals surface area contributed by atoms with Crippen LogP contribution in [-0.4, -0.2) is 4.98 Å². The molecule has 0 amide bonds. The molecule has 0 aliphatic heterocycles. The van der Waals surface area contributed by atoms with Crippen molar-refractivity contribution >= 4 is 0 Å². The molecule has 1 aromatic heterocycles. The maximum absolute atomic E-state index is 8.72. The first kappa shape index (κ1) is 9.73. The SMILES string of the molecule is Cc1nc(C(C)(C)C)ccc1C#N. The Kier molecular flexibility index (Phi) is 2.38. The van der Waals surface area contributed by atoms with Gasteiger partial charge in [-0.05, 0) is 19.1 Å². The number of aromatic nitrogens is 1. The van der Waals surface area contributed by atoms with Gasteiger partial charge in [-0.15, -0.1) is 0 Å². The molecule has 1 rings (SSSR count). The molecule has 0 unspecified atom stereocenters. The number of hydrogen-bond acceptors (Lipinski definition) is 2. The third-order valence-electron chi connectivity index (χ3n) is 1.97. The van der Waals surface area contributed by atoms with Crippen LogP contribution >= 0.6 is 0 Å². The zero-order valence-corrected chi connectivity index (χ0v) is 8.55. The summed E-state index contributed by atoms with van der Waals surface area (Å²) < 4.78 is 0. The highest BCUT2D eigenvalue weighted by molar-refractivity contribution is 5.34. The van der Waals surface area contributed by atoms with Crippen molar-refractivity contribution in [1.82, 2.24) is 4.98 Å². The summed E-state index contributed by atoms with van der Waals surface area (Å²) in [5.41, 5.74) is 2.56. The predicted octanol–water partition coefficient (Wildman–Crippen LogP) is 2.56. The lowest BCUT2D eigenvalue weighted by molar-refractivity contribution is 0.567. The average molecular weight is 174 g/mol. The summed E-state index contributed by atoms with van der Waals surface area (Å²) in [5.74, 6) is 0. The molecule has 13 heavy (non-hydrogen) atoms. The zero-order valence-electron chi connectivity index (χ0n) is 8.55. The predicted molar refractivity (Wildman–Crippen MR) is 52.4 cm³/mol. The second kappa shape index (κ2) is 3.18. The van der Waals surface area contributed by atoms with E-state index in [0.29, 0.717) is 5.56 Å². The first-order chi connectivity index (χ1) is 5.95. The Morgan fingerprint density at radius 1 is 1.31 bits per heavy atom. The average Bonchev–Trinajstić information content (AvgIpc) is 2.02. The molecule has 0 aliphatic carbocycles. The molecule has 0 bridgehead atoms. The minimum atomic E-state index is 0.0543. The quantitative estimate of drug-likeness (QED) is 0.606. The molecule has 0 atom stereocenters. The molecule has 2 heteroatoms. The van der Waals surface area contributed by atoms with Crippen LogP contribution in [0.2, 0.25) is 0 Å². The third kappa shape index (κ3) is 2.06. The maximum Gasteiger partial charge on any atom is 0.101 e. The van der Waals surface area contributed by atoms with Gasteiger partial charge in [-0.3, -0.25) is 4.98 Å². The standard InChI is InChI=1S/C11H14N2/c1-8-9(7-12)5-6-10(13-8)11(2,3)4/h5-6H,1-4H3. The van der Waals surface area contributed by atoms with E-state index in [9.17, 15) is 0 Å². The molecule has 0 N–H and O–H groups in total. The Morgan fingerprint density at radius 2 is 1.92 bits per heavy atom. The summed E-state index contributed by atoms with van der Waals surface area (Å²) >= 11 is 0. The van der Waals surface area contributed by atoms with Crippen molar-refractivity contribution < 1.29 is 0 Å². The smallest absolute Gasteiger partial charge is 0.101 e. The van der Waals surface area contributed by atoms with Crippen molar-refractivity contribution in [3.63, 3.8) is 0 Å². The van der Waals surface area contributed by atoms with Gasteiger partial charge >= 0.3 is 0 Å². The number of aryl methyl sites for hydroxylation is 1. The molecule has 2 nitrogen and oxygen atoms in total. The summed E-state index contributed by atoms with van der Waals surface area (Å²) in [4.78, 5) is 4.39. The summed E-state index contributed by atoms with van der Waals surface area (Å²) in [5, 5.41) is 8.72. The Labute approximate surface area is 79.2 Å². The molecule has 0 saturated heterocycles. The molecular formula is C11H14N2. The van der Waals surface area contributed by atoms with Crippen LogP contribution in [-0.2, 0) is 5.41 Å². The van der Waals surface area contributed by atoms with Gasteiger partial charge < -0.3 is 0 Å². The Hall–Kier alpha value is -1.36. The summed E-state index contributed by atoms with van der Waals surface area (Å²) in [7, 11) is 0. The fourth-order valence-corrected chi connectivity index (χ4v) is 1.10. The van der Waals surface area contributed by atoms with Crippen molar-refractivity contribution in [1.29, 1.82) is 5.26 Å². The molecule has 0 radical (unpaired) electrons. The molecule has 1 aromatic rings. The van der Waals surface area contributed by atoms with E-state index in [4.69, 9.17) is 5.26 Å². The van der Waals surface area contributed by atoms with Gasteiger partial charge in [0.2, 0.25) is 0 Å². The van der Waals surface area contributed by atoms with Crippen molar-refractivity contribution in [2.24, 2.45) is 0 Å². The van der Waals surface area contributed by atoms with Gasteiger partial charge in [0.05, 0.1) is 11.3 Å². The first-order valence-electron chi connectivity index (χ1n) is 4.33. The van der Waals surface area contributed by atoms with Crippen molar-refractivity contribution in [3.8, 4) is 6.07 Å². The molecule has 0 aliphatic rings. The highest BCUT2D eigenvalue weighted by Crippen LogP contribution is 2.20.